The number of rotatable bonds is 3. The largest absolute Gasteiger partial charge is 0.150 e. The first-order valence-electron chi connectivity index (χ1n) is 5.89. The third kappa shape index (κ3) is 1.20. The van der Waals surface area contributed by atoms with Gasteiger partial charge in [-0.25, -0.2) is 0 Å². The van der Waals surface area contributed by atoms with Crippen LogP contribution >= 0.6 is 0 Å². The number of allylic oxidation sites excluding steroid dienone is 4. The van der Waals surface area contributed by atoms with E-state index < -0.39 is 0 Å². The molecule has 0 heterocycles. The van der Waals surface area contributed by atoms with Crippen LogP contribution in [0.5, 0.6) is 0 Å². The van der Waals surface area contributed by atoms with Gasteiger partial charge in [-0.05, 0) is 49.8 Å². The standard InChI is InChI=1S/C14H15NO/c1-11-3-2-4-12(6-5-11)13(7-8-13)14(15-16)9-10-14/h2,4-6H,7-10H2,1H3. The molecule has 2 saturated carbocycles. The lowest BCUT2D eigenvalue weighted by Crippen LogP contribution is -2.23. The fraction of sp³-hybridized carbons (Fsp3) is 0.500. The molecule has 0 saturated heterocycles. The van der Waals surface area contributed by atoms with Crippen molar-refractivity contribution in [3.8, 4) is 0 Å². The minimum atomic E-state index is -0.269. The lowest BCUT2D eigenvalue weighted by Gasteiger charge is -2.21. The summed E-state index contributed by atoms with van der Waals surface area (Å²) in [5, 5.41) is 3.42. The Morgan fingerprint density at radius 2 is 2.00 bits per heavy atom. The van der Waals surface area contributed by atoms with E-state index >= 15 is 0 Å². The molecule has 0 bridgehead atoms. The number of nitrogens with zero attached hydrogens (tertiary/aromatic N) is 1. The van der Waals surface area contributed by atoms with Crippen molar-refractivity contribution in [3.63, 3.8) is 0 Å². The molecule has 0 aromatic rings. The quantitative estimate of drug-likeness (QED) is 0.519. The van der Waals surface area contributed by atoms with Gasteiger partial charge in [0.25, 0.3) is 0 Å². The van der Waals surface area contributed by atoms with Crippen LogP contribution < -0.4 is 0 Å². The molecular weight excluding hydrogens is 198 g/mol. The molecule has 0 spiro atoms. The maximum Gasteiger partial charge on any atom is 0.112 e. The van der Waals surface area contributed by atoms with Gasteiger partial charge in [-0.1, -0.05) is 23.4 Å². The molecule has 2 nitrogen and oxygen atoms in total. The van der Waals surface area contributed by atoms with Gasteiger partial charge in [0.05, 0.1) is 0 Å². The molecule has 0 radical (unpaired) electrons. The smallest absolute Gasteiger partial charge is 0.112 e. The first-order valence-corrected chi connectivity index (χ1v) is 5.89. The van der Waals surface area contributed by atoms with Crippen LogP contribution in [0.4, 0.5) is 0 Å². The zero-order valence-electron chi connectivity index (χ0n) is 9.49. The van der Waals surface area contributed by atoms with Crippen LogP contribution in [0.1, 0.15) is 32.6 Å². The Bertz CT molecular complexity index is 467. The van der Waals surface area contributed by atoms with E-state index in [2.05, 4.69) is 29.1 Å². The van der Waals surface area contributed by atoms with E-state index in [1.165, 1.54) is 5.57 Å². The van der Waals surface area contributed by atoms with Gasteiger partial charge in [0.15, 0.2) is 0 Å². The predicted molar refractivity (Wildman–Crippen MR) is 63.9 cm³/mol. The molecule has 0 aromatic carbocycles. The summed E-state index contributed by atoms with van der Waals surface area (Å²) in [6, 6.07) is 0. The zero-order valence-corrected chi connectivity index (χ0v) is 9.49. The Kier molecular flexibility index (Phi) is 1.87. The maximum atomic E-state index is 11.0. The Morgan fingerprint density at radius 3 is 2.56 bits per heavy atom. The molecule has 0 amide bonds. The fourth-order valence-electron chi connectivity index (χ4n) is 2.82. The van der Waals surface area contributed by atoms with Crippen LogP contribution in [0.2, 0.25) is 0 Å². The third-order valence-corrected chi connectivity index (χ3v) is 4.18. The van der Waals surface area contributed by atoms with Gasteiger partial charge < -0.3 is 0 Å². The highest BCUT2D eigenvalue weighted by molar-refractivity contribution is 5.45. The lowest BCUT2D eigenvalue weighted by molar-refractivity contribution is 0.451. The highest BCUT2D eigenvalue weighted by Crippen LogP contribution is 2.70. The van der Waals surface area contributed by atoms with Gasteiger partial charge >= 0.3 is 0 Å². The summed E-state index contributed by atoms with van der Waals surface area (Å²) in [5.41, 5.74) is 5.38. The first kappa shape index (κ1) is 9.80. The molecule has 2 heteroatoms. The molecule has 0 aliphatic heterocycles. The Morgan fingerprint density at radius 1 is 1.25 bits per heavy atom. The molecule has 0 N–H and O–H groups in total. The van der Waals surface area contributed by atoms with E-state index in [1.807, 2.05) is 13.0 Å². The maximum absolute atomic E-state index is 11.0. The molecule has 82 valence electrons. The minimum Gasteiger partial charge on any atom is -0.150 e. The molecule has 16 heavy (non-hydrogen) atoms. The molecular formula is C14H15NO. The van der Waals surface area contributed by atoms with Crippen molar-refractivity contribution in [1.29, 1.82) is 0 Å². The van der Waals surface area contributed by atoms with Crippen LogP contribution in [0.3, 0.4) is 0 Å². The molecule has 3 aliphatic carbocycles. The lowest BCUT2D eigenvalue weighted by atomic mass is 9.85. The van der Waals surface area contributed by atoms with Gasteiger partial charge in [0.1, 0.15) is 5.54 Å². The van der Waals surface area contributed by atoms with Gasteiger partial charge in [-0.15, -0.1) is 5.73 Å². The molecule has 3 aliphatic rings. The average Bonchev–Trinajstić information content (AvgIpc) is 3.15. The van der Waals surface area contributed by atoms with Gasteiger partial charge in [0, 0.05) is 5.41 Å². The summed E-state index contributed by atoms with van der Waals surface area (Å²) in [6.45, 7) is 2.04. The summed E-state index contributed by atoms with van der Waals surface area (Å²) >= 11 is 0. The first-order chi connectivity index (χ1) is 7.72. The second-order valence-corrected chi connectivity index (χ2v) is 5.15. The summed E-state index contributed by atoms with van der Waals surface area (Å²) < 4.78 is 0. The van der Waals surface area contributed by atoms with Gasteiger partial charge in [0.2, 0.25) is 0 Å². The fourth-order valence-corrected chi connectivity index (χ4v) is 2.82. The van der Waals surface area contributed by atoms with Gasteiger partial charge in [-0.3, -0.25) is 0 Å². The van der Waals surface area contributed by atoms with Crippen molar-refractivity contribution < 1.29 is 0 Å². The van der Waals surface area contributed by atoms with Crippen LogP contribution in [0, 0.1) is 10.3 Å². The minimum absolute atomic E-state index is 0.0635. The van der Waals surface area contributed by atoms with Crippen LogP contribution in [0.15, 0.2) is 46.4 Å². The van der Waals surface area contributed by atoms with E-state index in [-0.39, 0.29) is 11.0 Å². The average molecular weight is 213 g/mol. The van der Waals surface area contributed by atoms with Crippen molar-refractivity contribution in [2.75, 3.05) is 0 Å². The van der Waals surface area contributed by atoms with E-state index in [0.29, 0.717) is 0 Å². The van der Waals surface area contributed by atoms with E-state index in [4.69, 9.17) is 0 Å². The summed E-state index contributed by atoms with van der Waals surface area (Å²) in [5.74, 6) is 0. The molecule has 3 rings (SSSR count). The summed E-state index contributed by atoms with van der Waals surface area (Å²) in [6.07, 6.45) is 12.5. The van der Waals surface area contributed by atoms with Crippen LogP contribution in [-0.4, -0.2) is 5.54 Å². The van der Waals surface area contributed by atoms with Crippen molar-refractivity contribution in [3.05, 3.63) is 46.1 Å². The second kappa shape index (κ2) is 3.05. The topological polar surface area (TPSA) is 29.4 Å². The third-order valence-electron chi connectivity index (χ3n) is 4.18. The van der Waals surface area contributed by atoms with Crippen molar-refractivity contribution in [1.82, 2.24) is 0 Å². The SMILES string of the molecule is CC1=C=CC=C(C2(C3(N=O)CC3)CC2)C=C1. The molecule has 0 unspecified atom stereocenters. The number of nitroso groups, excluding NO2 is 1. The van der Waals surface area contributed by atoms with Crippen molar-refractivity contribution in [2.24, 2.45) is 10.6 Å². The zero-order chi connectivity index (χ0) is 11.2. The van der Waals surface area contributed by atoms with Crippen molar-refractivity contribution >= 4 is 0 Å². The van der Waals surface area contributed by atoms with E-state index in [0.717, 1.165) is 31.3 Å². The summed E-state index contributed by atoms with van der Waals surface area (Å²) in [4.78, 5) is 11.0. The number of hydrogen-bond acceptors (Lipinski definition) is 2. The Labute approximate surface area is 95.4 Å². The molecule has 0 aromatic heterocycles. The summed E-state index contributed by atoms with van der Waals surface area (Å²) in [7, 11) is 0. The van der Waals surface area contributed by atoms with Crippen LogP contribution in [0.25, 0.3) is 0 Å². The van der Waals surface area contributed by atoms with Crippen LogP contribution in [-0.2, 0) is 0 Å². The monoisotopic (exact) mass is 213 g/mol. The van der Waals surface area contributed by atoms with Crippen molar-refractivity contribution in [2.45, 2.75) is 38.1 Å². The van der Waals surface area contributed by atoms with E-state index in [1.54, 1.807) is 0 Å². The Balaban J connectivity index is 1.96. The second-order valence-electron chi connectivity index (χ2n) is 5.15. The predicted octanol–water partition coefficient (Wildman–Crippen LogP) is 3.66. The molecule has 2 fully saturated rings. The highest BCUT2D eigenvalue weighted by Gasteiger charge is 2.68. The number of hydrogen-bond donors (Lipinski definition) is 0. The highest BCUT2D eigenvalue weighted by atomic mass is 16.3. The van der Waals surface area contributed by atoms with E-state index in [9.17, 15) is 4.91 Å². The Hall–Kier alpha value is -1.40. The molecule has 0 atom stereocenters. The van der Waals surface area contributed by atoms with Gasteiger partial charge in [-0.2, -0.15) is 4.91 Å². The normalized spacial score (nSPS) is 27.8.